The monoisotopic (exact) mass is 314 g/mol. The molecule has 7 heteroatoms. The fourth-order valence-electron chi connectivity index (χ4n) is 3.11. The second-order valence-corrected chi connectivity index (χ2v) is 5.99. The van der Waals surface area contributed by atoms with Gasteiger partial charge in [0.15, 0.2) is 5.82 Å². The Bertz CT molecular complexity index is 714. The smallest absolute Gasteiger partial charge is 0.170 e. The van der Waals surface area contributed by atoms with E-state index in [0.29, 0.717) is 24.1 Å². The molecule has 0 atom stereocenters. The molecule has 0 N–H and O–H groups in total. The highest BCUT2D eigenvalue weighted by Gasteiger charge is 2.20. The van der Waals surface area contributed by atoms with Gasteiger partial charge in [-0.15, -0.1) is 5.10 Å². The lowest BCUT2D eigenvalue weighted by molar-refractivity contribution is 0.179. The number of nitrogens with zero attached hydrogens (tertiary/aromatic N) is 6. The number of nitriles is 1. The maximum atomic E-state index is 13.5. The highest BCUT2D eigenvalue weighted by molar-refractivity contribution is 5.42. The Balaban J connectivity index is 1.81. The van der Waals surface area contributed by atoms with E-state index in [-0.39, 0.29) is 5.56 Å². The third-order valence-electron chi connectivity index (χ3n) is 4.44. The Morgan fingerprint density at radius 3 is 2.87 bits per heavy atom. The molecular weight excluding hydrogens is 295 g/mol. The summed E-state index contributed by atoms with van der Waals surface area (Å²) in [6.45, 7) is 0.622. The largest absolute Gasteiger partial charge is 0.296 e. The van der Waals surface area contributed by atoms with E-state index in [9.17, 15) is 4.39 Å². The van der Waals surface area contributed by atoms with Crippen molar-refractivity contribution in [1.29, 1.82) is 5.26 Å². The zero-order chi connectivity index (χ0) is 16.2. The molecule has 1 aliphatic carbocycles. The van der Waals surface area contributed by atoms with Gasteiger partial charge in [-0.05, 0) is 48.5 Å². The van der Waals surface area contributed by atoms with E-state index in [0.717, 1.165) is 0 Å². The molecule has 6 nitrogen and oxygen atoms in total. The molecule has 1 heterocycles. The Morgan fingerprint density at radius 2 is 2.13 bits per heavy atom. The first-order valence-corrected chi connectivity index (χ1v) is 7.86. The van der Waals surface area contributed by atoms with E-state index in [1.165, 1.54) is 44.2 Å². The normalized spacial score (nSPS) is 15.7. The highest BCUT2D eigenvalue weighted by Crippen LogP contribution is 2.23. The first kappa shape index (κ1) is 15.6. The van der Waals surface area contributed by atoms with Gasteiger partial charge in [-0.3, -0.25) is 4.90 Å². The fraction of sp³-hybridized carbons (Fsp3) is 0.500. The van der Waals surface area contributed by atoms with Gasteiger partial charge in [0.25, 0.3) is 0 Å². The van der Waals surface area contributed by atoms with Crippen LogP contribution in [0.5, 0.6) is 0 Å². The Kier molecular flexibility index (Phi) is 4.63. The van der Waals surface area contributed by atoms with Crippen LogP contribution >= 0.6 is 0 Å². The van der Waals surface area contributed by atoms with Gasteiger partial charge in [-0.25, -0.2) is 4.39 Å². The van der Waals surface area contributed by atoms with E-state index in [4.69, 9.17) is 5.26 Å². The Hall–Kier alpha value is -2.33. The molecule has 1 aromatic carbocycles. The van der Waals surface area contributed by atoms with Gasteiger partial charge in [0.05, 0.1) is 17.8 Å². The number of halogens is 1. The first-order chi connectivity index (χ1) is 11.2. The van der Waals surface area contributed by atoms with Crippen molar-refractivity contribution >= 4 is 0 Å². The van der Waals surface area contributed by atoms with Crippen LogP contribution in [-0.4, -0.2) is 38.2 Å². The SMILES string of the molecule is CN(Cc1nnnn1-c1ccc(F)c(C#N)c1)C1CCCCC1. The van der Waals surface area contributed by atoms with Crippen LogP contribution < -0.4 is 0 Å². The molecule has 0 radical (unpaired) electrons. The molecule has 23 heavy (non-hydrogen) atoms. The van der Waals surface area contributed by atoms with Crippen molar-refractivity contribution in [2.75, 3.05) is 7.05 Å². The summed E-state index contributed by atoms with van der Waals surface area (Å²) in [5, 5.41) is 20.8. The fourth-order valence-corrected chi connectivity index (χ4v) is 3.11. The van der Waals surface area contributed by atoms with Crippen molar-refractivity contribution in [2.45, 2.75) is 44.7 Å². The van der Waals surface area contributed by atoms with Gasteiger partial charge in [0.2, 0.25) is 0 Å². The van der Waals surface area contributed by atoms with Gasteiger partial charge in [0.1, 0.15) is 11.9 Å². The van der Waals surface area contributed by atoms with Crippen LogP contribution in [0.3, 0.4) is 0 Å². The van der Waals surface area contributed by atoms with Gasteiger partial charge in [-0.2, -0.15) is 9.94 Å². The van der Waals surface area contributed by atoms with Crippen LogP contribution in [-0.2, 0) is 6.54 Å². The van der Waals surface area contributed by atoms with E-state index in [1.807, 2.05) is 6.07 Å². The van der Waals surface area contributed by atoms with Crippen molar-refractivity contribution in [3.8, 4) is 11.8 Å². The number of hydrogen-bond acceptors (Lipinski definition) is 5. The molecule has 0 aliphatic heterocycles. The number of rotatable bonds is 4. The van der Waals surface area contributed by atoms with Crippen LogP contribution in [0, 0.1) is 17.1 Å². The summed E-state index contributed by atoms with van der Waals surface area (Å²) >= 11 is 0. The molecule has 0 bridgehead atoms. The maximum absolute atomic E-state index is 13.5. The lowest BCUT2D eigenvalue weighted by Gasteiger charge is -2.30. The molecule has 1 fully saturated rings. The molecule has 1 aliphatic rings. The standard InChI is InChI=1S/C16H19FN6/c1-22(13-5-3-2-4-6-13)11-16-19-20-21-23(16)14-7-8-15(17)12(9-14)10-18/h7-9,13H,2-6,11H2,1H3. The van der Waals surface area contributed by atoms with E-state index >= 15 is 0 Å². The van der Waals surface area contributed by atoms with Crippen LogP contribution in [0.1, 0.15) is 43.5 Å². The lowest BCUT2D eigenvalue weighted by atomic mass is 9.94. The number of hydrogen-bond donors (Lipinski definition) is 0. The zero-order valence-corrected chi connectivity index (χ0v) is 13.1. The predicted octanol–water partition coefficient (Wildman–Crippen LogP) is 2.44. The zero-order valence-electron chi connectivity index (χ0n) is 13.1. The Morgan fingerprint density at radius 1 is 1.35 bits per heavy atom. The molecule has 120 valence electrons. The maximum Gasteiger partial charge on any atom is 0.170 e. The molecule has 1 saturated carbocycles. The molecule has 0 unspecified atom stereocenters. The summed E-state index contributed by atoms with van der Waals surface area (Å²) in [5.74, 6) is 0.152. The molecule has 1 aromatic heterocycles. The van der Waals surface area contributed by atoms with Crippen molar-refractivity contribution in [1.82, 2.24) is 25.1 Å². The highest BCUT2D eigenvalue weighted by atomic mass is 19.1. The van der Waals surface area contributed by atoms with Gasteiger partial charge in [0, 0.05) is 6.04 Å². The number of aromatic nitrogens is 4. The minimum Gasteiger partial charge on any atom is -0.296 e. The van der Waals surface area contributed by atoms with E-state index in [1.54, 1.807) is 10.7 Å². The molecule has 2 aromatic rings. The van der Waals surface area contributed by atoms with E-state index < -0.39 is 5.82 Å². The minimum absolute atomic E-state index is 0.00964. The van der Waals surface area contributed by atoms with Crippen molar-refractivity contribution in [3.63, 3.8) is 0 Å². The third kappa shape index (κ3) is 3.37. The van der Waals surface area contributed by atoms with Crippen LogP contribution in [0.4, 0.5) is 4.39 Å². The minimum atomic E-state index is -0.537. The second-order valence-electron chi connectivity index (χ2n) is 5.99. The summed E-state index contributed by atoms with van der Waals surface area (Å²) in [7, 11) is 2.08. The lowest BCUT2D eigenvalue weighted by Crippen LogP contribution is -2.33. The van der Waals surface area contributed by atoms with Crippen molar-refractivity contribution < 1.29 is 4.39 Å². The average molecular weight is 314 g/mol. The van der Waals surface area contributed by atoms with Crippen molar-refractivity contribution in [3.05, 3.63) is 35.4 Å². The Labute approximate surface area is 134 Å². The molecular formula is C16H19FN6. The van der Waals surface area contributed by atoms with Gasteiger partial charge in [-0.1, -0.05) is 19.3 Å². The summed E-state index contributed by atoms with van der Waals surface area (Å²) in [6.07, 6.45) is 6.25. The summed E-state index contributed by atoms with van der Waals surface area (Å²) in [6, 6.07) is 6.71. The van der Waals surface area contributed by atoms with E-state index in [2.05, 4.69) is 27.5 Å². The van der Waals surface area contributed by atoms with Crippen LogP contribution in [0.25, 0.3) is 5.69 Å². The third-order valence-corrected chi connectivity index (χ3v) is 4.44. The second kappa shape index (κ2) is 6.84. The molecule has 3 rings (SSSR count). The first-order valence-electron chi connectivity index (χ1n) is 7.86. The number of benzene rings is 1. The quantitative estimate of drug-likeness (QED) is 0.867. The summed E-state index contributed by atoms with van der Waals surface area (Å²) in [5.41, 5.74) is 0.588. The average Bonchev–Trinajstić information content (AvgIpc) is 3.04. The summed E-state index contributed by atoms with van der Waals surface area (Å²) in [4.78, 5) is 2.27. The predicted molar refractivity (Wildman–Crippen MR) is 82.2 cm³/mol. The van der Waals surface area contributed by atoms with Gasteiger partial charge < -0.3 is 0 Å². The molecule has 0 amide bonds. The summed E-state index contributed by atoms with van der Waals surface area (Å²) < 4.78 is 15.0. The molecule has 0 saturated heterocycles. The van der Waals surface area contributed by atoms with Crippen molar-refractivity contribution in [2.24, 2.45) is 0 Å². The molecule has 0 spiro atoms. The van der Waals surface area contributed by atoms with Crippen LogP contribution in [0.2, 0.25) is 0 Å². The topological polar surface area (TPSA) is 70.6 Å². The van der Waals surface area contributed by atoms with Crippen LogP contribution in [0.15, 0.2) is 18.2 Å². The van der Waals surface area contributed by atoms with Gasteiger partial charge >= 0.3 is 0 Å². The number of tetrazole rings is 1.